The van der Waals surface area contributed by atoms with Crippen molar-refractivity contribution < 1.29 is 31.9 Å². The van der Waals surface area contributed by atoms with Crippen LogP contribution in [0.25, 0.3) is 10.2 Å². The molecule has 4 rings (SSSR count). The van der Waals surface area contributed by atoms with Gasteiger partial charge in [0.25, 0.3) is 0 Å². The van der Waals surface area contributed by atoms with Crippen molar-refractivity contribution in [2.45, 2.75) is 25.0 Å². The molecule has 2 heterocycles. The summed E-state index contributed by atoms with van der Waals surface area (Å²) in [5.74, 6) is -2.39. The van der Waals surface area contributed by atoms with Crippen molar-refractivity contribution in [3.05, 3.63) is 59.1 Å². The van der Waals surface area contributed by atoms with Crippen molar-refractivity contribution >= 4 is 49.4 Å². The number of halogens is 2. The van der Waals surface area contributed by atoms with E-state index in [1.165, 1.54) is 30.2 Å². The molecular formula is C22H23F2N5O5S2. The maximum absolute atomic E-state index is 13.8. The molecule has 10 nitrogen and oxygen atoms in total. The number of benzene rings is 2. The second-order valence-electron chi connectivity index (χ2n) is 8.78. The number of anilines is 1. The molecule has 0 spiro atoms. The molecule has 0 aliphatic carbocycles. The van der Waals surface area contributed by atoms with E-state index in [9.17, 15) is 31.9 Å². The van der Waals surface area contributed by atoms with Crippen LogP contribution in [0.1, 0.15) is 12.5 Å². The molecule has 0 saturated carbocycles. The van der Waals surface area contributed by atoms with E-state index in [4.69, 9.17) is 0 Å². The molecule has 0 bridgehead atoms. The lowest BCUT2D eigenvalue weighted by molar-refractivity contribution is -0.120. The fourth-order valence-corrected chi connectivity index (χ4v) is 5.81. The van der Waals surface area contributed by atoms with Gasteiger partial charge in [0, 0.05) is 38.3 Å². The van der Waals surface area contributed by atoms with Gasteiger partial charge in [-0.25, -0.2) is 23.3 Å². The van der Waals surface area contributed by atoms with Crippen LogP contribution in [-0.4, -0.2) is 66.5 Å². The Labute approximate surface area is 209 Å². The normalized spacial score (nSPS) is 16.2. The SMILES string of the molecule is CN(C(=O)[C@H](Cc1cc(F)cc(F)c1)NC(=O)NS(=O)(=O)N1CC(C)(O)C1)c1ccc2scnc2c1. The van der Waals surface area contributed by atoms with Crippen molar-refractivity contribution in [2.75, 3.05) is 25.0 Å². The molecule has 1 atom stereocenters. The molecule has 14 heteroatoms. The third-order valence-corrected chi connectivity index (χ3v) is 7.78. The third-order valence-electron chi connectivity index (χ3n) is 5.59. The van der Waals surface area contributed by atoms with Crippen LogP contribution in [0.15, 0.2) is 41.9 Å². The van der Waals surface area contributed by atoms with Gasteiger partial charge in [-0.15, -0.1) is 11.3 Å². The monoisotopic (exact) mass is 539 g/mol. The molecule has 1 aromatic heterocycles. The van der Waals surface area contributed by atoms with Gasteiger partial charge in [-0.3, -0.25) is 4.79 Å². The molecule has 1 aliphatic heterocycles. The summed E-state index contributed by atoms with van der Waals surface area (Å²) in [5, 5.41) is 12.1. The predicted molar refractivity (Wildman–Crippen MR) is 130 cm³/mol. The van der Waals surface area contributed by atoms with Crippen LogP contribution < -0.4 is 14.9 Å². The van der Waals surface area contributed by atoms with Gasteiger partial charge >= 0.3 is 16.2 Å². The van der Waals surface area contributed by atoms with E-state index in [1.807, 2.05) is 0 Å². The van der Waals surface area contributed by atoms with Crippen LogP contribution in [0.3, 0.4) is 0 Å². The highest BCUT2D eigenvalue weighted by molar-refractivity contribution is 7.87. The van der Waals surface area contributed by atoms with Crippen molar-refractivity contribution in [1.29, 1.82) is 0 Å². The first-order valence-electron chi connectivity index (χ1n) is 10.7. The molecule has 3 aromatic rings. The van der Waals surface area contributed by atoms with E-state index in [1.54, 1.807) is 28.4 Å². The Hall–Kier alpha value is -3.20. The van der Waals surface area contributed by atoms with Crippen molar-refractivity contribution in [1.82, 2.24) is 19.3 Å². The lowest BCUT2D eigenvalue weighted by Crippen LogP contribution is -2.65. The standard InChI is InChI=1S/C22H23F2N5O5S2/c1-22(32)10-29(11-22)36(33,34)27-21(31)26-18(7-13-5-14(23)8-15(24)6-13)20(30)28(2)16-3-4-19-17(9-16)25-12-35-19/h3-6,8-9,12,18,32H,7,10-11H2,1-2H3,(H2,26,27,31)/t18-/m0/s1. The number of carbonyl (C=O) groups is 2. The highest BCUT2D eigenvalue weighted by Crippen LogP contribution is 2.25. The van der Waals surface area contributed by atoms with E-state index in [-0.39, 0.29) is 25.1 Å². The van der Waals surface area contributed by atoms with Crippen LogP contribution in [0.5, 0.6) is 0 Å². The Morgan fingerprint density at radius 1 is 1.22 bits per heavy atom. The zero-order valence-electron chi connectivity index (χ0n) is 19.2. The average Bonchev–Trinajstić information content (AvgIpc) is 3.22. The number of aromatic nitrogens is 1. The Morgan fingerprint density at radius 2 is 1.89 bits per heavy atom. The lowest BCUT2D eigenvalue weighted by atomic mass is 10.0. The number of carbonyl (C=O) groups excluding carboxylic acids is 2. The van der Waals surface area contributed by atoms with E-state index in [2.05, 4.69) is 10.3 Å². The lowest BCUT2D eigenvalue weighted by Gasteiger charge is -2.42. The first-order chi connectivity index (χ1) is 16.8. The van der Waals surface area contributed by atoms with Crippen molar-refractivity contribution in [3.8, 4) is 0 Å². The minimum absolute atomic E-state index is 0.0798. The predicted octanol–water partition coefficient (Wildman–Crippen LogP) is 1.76. The molecule has 3 amide bonds. The number of rotatable bonds is 7. The van der Waals surface area contributed by atoms with Gasteiger partial charge in [-0.1, -0.05) is 0 Å². The van der Waals surface area contributed by atoms with Gasteiger partial charge in [-0.05, 0) is 42.8 Å². The zero-order valence-corrected chi connectivity index (χ0v) is 20.9. The fourth-order valence-electron chi connectivity index (χ4n) is 3.83. The number of amides is 3. The average molecular weight is 540 g/mol. The van der Waals surface area contributed by atoms with Gasteiger partial charge in [0.15, 0.2) is 0 Å². The largest absolute Gasteiger partial charge is 0.387 e. The van der Waals surface area contributed by atoms with Crippen molar-refractivity contribution in [3.63, 3.8) is 0 Å². The molecule has 1 aliphatic rings. The Kier molecular flexibility index (Phi) is 6.96. The van der Waals surface area contributed by atoms with Gasteiger partial charge in [0.05, 0.1) is 21.3 Å². The molecule has 3 N–H and O–H groups in total. The molecule has 36 heavy (non-hydrogen) atoms. The van der Waals surface area contributed by atoms with Gasteiger partial charge in [0.1, 0.15) is 17.7 Å². The van der Waals surface area contributed by atoms with Gasteiger partial charge in [-0.2, -0.15) is 12.7 Å². The number of fused-ring (bicyclic) bond motifs is 1. The number of aliphatic hydroxyl groups is 1. The minimum Gasteiger partial charge on any atom is -0.387 e. The number of β-amino-alcohol motifs (C(OH)–C–C–N with tert-alkyl or cyclic N) is 1. The van der Waals surface area contributed by atoms with Crippen LogP contribution in [0.2, 0.25) is 0 Å². The molecule has 0 radical (unpaired) electrons. The van der Waals surface area contributed by atoms with Crippen molar-refractivity contribution in [2.24, 2.45) is 0 Å². The quantitative estimate of drug-likeness (QED) is 0.419. The van der Waals surface area contributed by atoms with Crippen LogP contribution in [0.4, 0.5) is 19.3 Å². The van der Waals surface area contributed by atoms with Gasteiger partial charge in [0.2, 0.25) is 5.91 Å². The molecule has 1 saturated heterocycles. The summed E-state index contributed by atoms with van der Waals surface area (Å²) < 4.78 is 55.9. The van der Waals surface area contributed by atoms with E-state index < -0.39 is 45.4 Å². The highest BCUT2D eigenvalue weighted by Gasteiger charge is 2.44. The smallest absolute Gasteiger partial charge is 0.330 e. The summed E-state index contributed by atoms with van der Waals surface area (Å²) in [4.78, 5) is 31.4. The topological polar surface area (TPSA) is 132 Å². The van der Waals surface area contributed by atoms with E-state index in [0.717, 1.165) is 21.1 Å². The summed E-state index contributed by atoms with van der Waals surface area (Å²) in [6.45, 7) is 1.04. The number of nitrogens with one attached hydrogen (secondary N) is 2. The third kappa shape index (κ3) is 5.78. The summed E-state index contributed by atoms with van der Waals surface area (Å²) in [6.07, 6.45) is -0.317. The van der Waals surface area contributed by atoms with Crippen LogP contribution in [-0.2, 0) is 21.4 Å². The molecular weight excluding hydrogens is 516 g/mol. The zero-order chi connectivity index (χ0) is 26.3. The molecule has 1 fully saturated rings. The number of likely N-dealkylation sites (N-methyl/N-ethyl adjacent to an activating group) is 1. The van der Waals surface area contributed by atoms with E-state index >= 15 is 0 Å². The van der Waals surface area contributed by atoms with Crippen LogP contribution in [0, 0.1) is 11.6 Å². The number of hydrogen-bond acceptors (Lipinski definition) is 7. The minimum atomic E-state index is -4.28. The molecule has 2 aromatic carbocycles. The first-order valence-corrected chi connectivity index (χ1v) is 13.0. The summed E-state index contributed by atoms with van der Waals surface area (Å²) in [5.41, 5.74) is 1.64. The number of nitrogens with zero attached hydrogens (tertiary/aromatic N) is 3. The molecule has 192 valence electrons. The Morgan fingerprint density at radius 3 is 2.53 bits per heavy atom. The second-order valence-corrected chi connectivity index (χ2v) is 11.3. The van der Waals surface area contributed by atoms with E-state index in [0.29, 0.717) is 17.3 Å². The summed E-state index contributed by atoms with van der Waals surface area (Å²) in [6, 6.07) is 5.24. The van der Waals surface area contributed by atoms with Gasteiger partial charge < -0.3 is 15.3 Å². The number of hydrogen-bond donors (Lipinski definition) is 3. The Bertz CT molecular complexity index is 1400. The Balaban J connectivity index is 1.55. The second kappa shape index (κ2) is 9.69. The van der Waals surface area contributed by atoms with Crippen LogP contribution >= 0.6 is 11.3 Å². The number of urea groups is 1. The number of thiazole rings is 1. The summed E-state index contributed by atoms with van der Waals surface area (Å²) in [7, 11) is -2.83. The maximum atomic E-state index is 13.8. The molecule has 0 unspecified atom stereocenters. The maximum Gasteiger partial charge on any atom is 0.330 e. The summed E-state index contributed by atoms with van der Waals surface area (Å²) >= 11 is 1.42. The highest BCUT2D eigenvalue weighted by atomic mass is 32.2. The first kappa shape index (κ1) is 25.9. The fraction of sp³-hybridized carbons (Fsp3) is 0.318.